The first-order valence-corrected chi connectivity index (χ1v) is 7.61. The molecule has 0 radical (unpaired) electrons. The summed E-state index contributed by atoms with van der Waals surface area (Å²) in [5, 5.41) is 11.3. The molecular weight excluding hydrogens is 332 g/mol. The summed E-state index contributed by atoms with van der Waals surface area (Å²) in [6.07, 6.45) is 0. The Morgan fingerprint density at radius 3 is 2.44 bits per heavy atom. The van der Waals surface area contributed by atoms with Gasteiger partial charge in [-0.25, -0.2) is 8.78 Å². The molecular formula is C16H19F2N5O2. The Balaban J connectivity index is 1.94. The molecule has 0 bridgehead atoms. The van der Waals surface area contributed by atoms with Crippen molar-refractivity contribution in [1.82, 2.24) is 15.5 Å². The van der Waals surface area contributed by atoms with Crippen molar-refractivity contribution < 1.29 is 18.4 Å². The molecule has 5 N–H and O–H groups in total. The highest BCUT2D eigenvalue weighted by Gasteiger charge is 2.18. The maximum absolute atomic E-state index is 13.2. The van der Waals surface area contributed by atoms with Crippen molar-refractivity contribution in [2.24, 2.45) is 11.7 Å². The molecule has 0 aliphatic carbocycles. The van der Waals surface area contributed by atoms with Crippen LogP contribution in [0.25, 0.3) is 11.3 Å². The molecule has 25 heavy (non-hydrogen) atoms. The van der Waals surface area contributed by atoms with Gasteiger partial charge < -0.3 is 16.4 Å². The van der Waals surface area contributed by atoms with Crippen LogP contribution < -0.4 is 16.4 Å². The van der Waals surface area contributed by atoms with Gasteiger partial charge in [0.05, 0.1) is 18.3 Å². The number of hydrogen-bond donors (Lipinski definition) is 4. The van der Waals surface area contributed by atoms with Crippen molar-refractivity contribution in [1.29, 1.82) is 0 Å². The fourth-order valence-corrected chi connectivity index (χ4v) is 2.02. The Hall–Kier alpha value is -2.81. The molecule has 0 aliphatic rings. The fraction of sp³-hybridized carbons (Fsp3) is 0.312. The number of aromatic amines is 1. The number of amides is 2. The molecule has 0 unspecified atom stereocenters. The van der Waals surface area contributed by atoms with E-state index in [9.17, 15) is 18.4 Å². The van der Waals surface area contributed by atoms with Crippen molar-refractivity contribution in [2.45, 2.75) is 19.9 Å². The first-order valence-electron chi connectivity index (χ1n) is 7.61. The molecule has 134 valence electrons. The van der Waals surface area contributed by atoms with E-state index >= 15 is 0 Å². The molecule has 7 nitrogen and oxygen atoms in total. The normalized spacial score (nSPS) is 12.1. The number of halogens is 2. The van der Waals surface area contributed by atoms with Crippen LogP contribution in [-0.2, 0) is 9.59 Å². The lowest BCUT2D eigenvalue weighted by atomic mass is 10.1. The number of nitrogens with one attached hydrogen (secondary N) is 3. The summed E-state index contributed by atoms with van der Waals surface area (Å²) in [7, 11) is 0. The van der Waals surface area contributed by atoms with Gasteiger partial charge >= 0.3 is 0 Å². The maximum atomic E-state index is 13.2. The van der Waals surface area contributed by atoms with Gasteiger partial charge in [-0.15, -0.1) is 0 Å². The van der Waals surface area contributed by atoms with Gasteiger partial charge in [-0.05, 0) is 18.1 Å². The van der Waals surface area contributed by atoms with Gasteiger partial charge in [0.1, 0.15) is 11.6 Å². The van der Waals surface area contributed by atoms with Crippen LogP contribution in [-0.4, -0.2) is 34.6 Å². The number of hydrogen-bond acceptors (Lipinski definition) is 4. The summed E-state index contributed by atoms with van der Waals surface area (Å²) in [5.41, 5.74) is 6.25. The third-order valence-corrected chi connectivity index (χ3v) is 3.46. The Morgan fingerprint density at radius 2 is 1.84 bits per heavy atom. The average Bonchev–Trinajstić information content (AvgIpc) is 2.99. The summed E-state index contributed by atoms with van der Waals surface area (Å²) in [4.78, 5) is 23.5. The van der Waals surface area contributed by atoms with E-state index in [1.54, 1.807) is 13.8 Å². The Morgan fingerprint density at radius 1 is 1.20 bits per heavy atom. The summed E-state index contributed by atoms with van der Waals surface area (Å²) < 4.78 is 26.5. The maximum Gasteiger partial charge on any atom is 0.244 e. The molecule has 0 saturated carbocycles. The Labute approximate surface area is 143 Å². The number of anilines is 1. The molecule has 0 spiro atoms. The van der Waals surface area contributed by atoms with E-state index in [0.29, 0.717) is 5.69 Å². The number of benzene rings is 1. The van der Waals surface area contributed by atoms with Crippen LogP contribution in [0.3, 0.4) is 0 Å². The van der Waals surface area contributed by atoms with E-state index in [-0.39, 0.29) is 23.8 Å². The molecule has 2 amide bonds. The zero-order valence-electron chi connectivity index (χ0n) is 13.8. The first-order chi connectivity index (χ1) is 11.8. The van der Waals surface area contributed by atoms with Crippen molar-refractivity contribution >= 4 is 17.6 Å². The van der Waals surface area contributed by atoms with Crippen LogP contribution in [0.2, 0.25) is 0 Å². The minimum Gasteiger partial charge on any atom is -0.346 e. The van der Waals surface area contributed by atoms with E-state index < -0.39 is 29.5 Å². The smallest absolute Gasteiger partial charge is 0.244 e. The second-order valence-corrected chi connectivity index (χ2v) is 5.86. The molecule has 1 aromatic heterocycles. The number of H-pyrrole nitrogens is 1. The molecule has 0 fully saturated rings. The molecule has 2 rings (SSSR count). The van der Waals surface area contributed by atoms with Crippen molar-refractivity contribution in [3.8, 4) is 11.3 Å². The average molecular weight is 351 g/mol. The molecule has 1 heterocycles. The molecule has 0 saturated heterocycles. The lowest BCUT2D eigenvalue weighted by Crippen LogP contribution is -2.46. The summed E-state index contributed by atoms with van der Waals surface area (Å²) >= 11 is 0. The lowest BCUT2D eigenvalue weighted by molar-refractivity contribution is -0.125. The van der Waals surface area contributed by atoms with Gasteiger partial charge in [-0.1, -0.05) is 13.8 Å². The van der Waals surface area contributed by atoms with Crippen molar-refractivity contribution in [2.75, 3.05) is 11.9 Å². The molecule has 1 aromatic carbocycles. The third kappa shape index (κ3) is 5.08. The van der Waals surface area contributed by atoms with Gasteiger partial charge in [-0.3, -0.25) is 14.7 Å². The van der Waals surface area contributed by atoms with E-state index in [2.05, 4.69) is 20.8 Å². The third-order valence-electron chi connectivity index (χ3n) is 3.46. The number of nitrogens with two attached hydrogens (primary N) is 1. The van der Waals surface area contributed by atoms with Crippen LogP contribution in [0.1, 0.15) is 13.8 Å². The van der Waals surface area contributed by atoms with Gasteiger partial charge in [0, 0.05) is 17.7 Å². The molecule has 0 aliphatic heterocycles. The summed E-state index contributed by atoms with van der Waals surface area (Å²) in [6.45, 7) is 3.33. The summed E-state index contributed by atoms with van der Waals surface area (Å²) in [5.74, 6) is -2.27. The quantitative estimate of drug-likeness (QED) is 0.630. The van der Waals surface area contributed by atoms with E-state index in [0.717, 1.165) is 18.2 Å². The number of carbonyl (C=O) groups is 2. The zero-order chi connectivity index (χ0) is 18.6. The minimum absolute atomic E-state index is 0.0522. The highest BCUT2D eigenvalue weighted by Crippen LogP contribution is 2.21. The molecule has 2 aromatic rings. The van der Waals surface area contributed by atoms with E-state index in [1.807, 2.05) is 0 Å². The van der Waals surface area contributed by atoms with Crippen molar-refractivity contribution in [3.05, 3.63) is 35.9 Å². The highest BCUT2D eigenvalue weighted by atomic mass is 19.1. The van der Waals surface area contributed by atoms with Crippen molar-refractivity contribution in [3.63, 3.8) is 0 Å². The van der Waals surface area contributed by atoms with E-state index in [1.165, 1.54) is 6.07 Å². The van der Waals surface area contributed by atoms with Gasteiger partial charge in [-0.2, -0.15) is 5.10 Å². The summed E-state index contributed by atoms with van der Waals surface area (Å²) in [6, 6.07) is 3.75. The van der Waals surface area contributed by atoms with Gasteiger partial charge in [0.25, 0.3) is 0 Å². The van der Waals surface area contributed by atoms with Gasteiger partial charge in [0.2, 0.25) is 11.8 Å². The second kappa shape index (κ2) is 7.84. The Bertz CT molecular complexity index is 755. The lowest BCUT2D eigenvalue weighted by Gasteiger charge is -2.14. The largest absolute Gasteiger partial charge is 0.346 e. The SMILES string of the molecule is CC(C)[C@H](N)C(=O)NCC(=O)Nc1cc(-c2cc(F)cc(F)c2)[nH]n1. The topological polar surface area (TPSA) is 113 Å². The van der Waals surface area contributed by atoms with Gasteiger partial charge in [0.15, 0.2) is 5.82 Å². The fourth-order valence-electron chi connectivity index (χ4n) is 2.02. The molecule has 9 heteroatoms. The molecule has 1 atom stereocenters. The van der Waals surface area contributed by atoms with Crippen LogP contribution in [0.5, 0.6) is 0 Å². The first kappa shape index (κ1) is 18.5. The second-order valence-electron chi connectivity index (χ2n) is 5.86. The monoisotopic (exact) mass is 351 g/mol. The highest BCUT2D eigenvalue weighted by molar-refractivity contribution is 5.95. The van der Waals surface area contributed by atoms with Crippen LogP contribution >= 0.6 is 0 Å². The number of nitrogens with zero attached hydrogens (tertiary/aromatic N) is 1. The zero-order valence-corrected chi connectivity index (χ0v) is 13.8. The van der Waals surface area contributed by atoms with Crippen LogP contribution in [0.15, 0.2) is 24.3 Å². The predicted molar refractivity (Wildman–Crippen MR) is 88.4 cm³/mol. The number of rotatable bonds is 6. The number of aromatic nitrogens is 2. The Kier molecular flexibility index (Phi) is 5.81. The minimum atomic E-state index is -0.723. The predicted octanol–water partition coefficient (Wildman–Crippen LogP) is 1.39. The number of carbonyl (C=O) groups excluding carboxylic acids is 2. The van der Waals surface area contributed by atoms with Crippen LogP contribution in [0.4, 0.5) is 14.6 Å². The van der Waals surface area contributed by atoms with E-state index in [4.69, 9.17) is 5.73 Å². The van der Waals surface area contributed by atoms with Crippen LogP contribution in [0, 0.1) is 17.6 Å². The standard InChI is InChI=1S/C16H19F2N5O2/c1-8(2)15(19)16(25)20-7-14(24)21-13-6-12(22-23-13)9-3-10(17)5-11(18)4-9/h3-6,8,15H,7,19H2,1-2H3,(H,20,25)(H2,21,22,23,24)/t15-/m0/s1.